The summed E-state index contributed by atoms with van der Waals surface area (Å²) in [7, 11) is 1.22. The molecule has 8 nitrogen and oxygen atoms in total. The number of aliphatic hydroxyl groups excluding tert-OH is 1. The van der Waals surface area contributed by atoms with Crippen LogP contribution in [0.1, 0.15) is 44.2 Å². The van der Waals surface area contributed by atoms with Crippen molar-refractivity contribution in [3.8, 4) is 11.5 Å². The first-order valence-electron chi connectivity index (χ1n) is 14.9. The van der Waals surface area contributed by atoms with E-state index in [0.717, 1.165) is 41.9 Å². The van der Waals surface area contributed by atoms with E-state index < -0.39 is 15.3 Å². The average molecular weight is 602 g/mol. The molecule has 2 aliphatic carbocycles. The maximum Gasteiger partial charge on any atom is 0.217 e. The van der Waals surface area contributed by atoms with E-state index in [2.05, 4.69) is 6.08 Å². The van der Waals surface area contributed by atoms with Gasteiger partial charge in [0.15, 0.2) is 0 Å². The largest absolute Gasteiger partial charge is 0.497 e. The van der Waals surface area contributed by atoms with Crippen molar-refractivity contribution in [1.82, 2.24) is 4.31 Å². The molecule has 232 valence electrons. The van der Waals surface area contributed by atoms with Crippen LogP contribution in [0.25, 0.3) is 0 Å². The van der Waals surface area contributed by atoms with Crippen molar-refractivity contribution in [2.45, 2.75) is 57.6 Å². The van der Waals surface area contributed by atoms with Gasteiger partial charge in [-0.15, -0.1) is 0 Å². The summed E-state index contributed by atoms with van der Waals surface area (Å²) in [5.74, 6) is 2.10. The van der Waals surface area contributed by atoms with Gasteiger partial charge in [-0.1, -0.05) is 37.3 Å². The van der Waals surface area contributed by atoms with E-state index in [1.807, 2.05) is 62.4 Å². The Morgan fingerprint density at radius 2 is 1.43 bits per heavy atom. The minimum atomic E-state index is -3.67. The van der Waals surface area contributed by atoms with E-state index in [1.54, 1.807) is 25.6 Å². The van der Waals surface area contributed by atoms with Gasteiger partial charge >= 0.3 is 0 Å². The second-order valence-corrected chi connectivity index (χ2v) is 13.9. The molecule has 2 aromatic rings. The van der Waals surface area contributed by atoms with Crippen molar-refractivity contribution in [2.75, 3.05) is 41.2 Å². The lowest BCUT2D eigenvalue weighted by Crippen LogP contribution is -2.45. The Kier molecular flexibility index (Phi) is 11.5. The summed E-state index contributed by atoms with van der Waals surface area (Å²) in [5, 5.41) is 9.20. The molecule has 0 saturated heterocycles. The number of ether oxygens (including phenoxy) is 4. The van der Waals surface area contributed by atoms with Crippen LogP contribution >= 0.6 is 0 Å². The number of allylic oxidation sites excluding steroid dienone is 1. The van der Waals surface area contributed by atoms with Gasteiger partial charge in [-0.3, -0.25) is 0 Å². The molecule has 2 aliphatic rings. The molecule has 0 aromatic heterocycles. The van der Waals surface area contributed by atoms with Crippen LogP contribution in [0, 0.1) is 23.7 Å². The Balaban J connectivity index is 1.51. The second-order valence-electron chi connectivity index (χ2n) is 11.7. The number of hydrogen-bond donors (Lipinski definition) is 1. The van der Waals surface area contributed by atoms with Crippen molar-refractivity contribution in [2.24, 2.45) is 23.7 Å². The van der Waals surface area contributed by atoms with Gasteiger partial charge in [0.2, 0.25) is 10.0 Å². The molecule has 0 amide bonds. The highest BCUT2D eigenvalue weighted by molar-refractivity contribution is 7.89. The number of aliphatic hydroxyl groups is 1. The molecule has 0 aliphatic heterocycles. The Labute approximate surface area is 251 Å². The third-order valence-electron chi connectivity index (χ3n) is 9.23. The van der Waals surface area contributed by atoms with E-state index in [1.165, 1.54) is 5.57 Å². The van der Waals surface area contributed by atoms with Crippen LogP contribution in [0.15, 0.2) is 60.2 Å². The lowest BCUT2D eigenvalue weighted by atomic mass is 9.65. The average Bonchev–Trinajstić information content (AvgIpc) is 2.96. The monoisotopic (exact) mass is 601 g/mol. The van der Waals surface area contributed by atoms with Crippen molar-refractivity contribution < 1.29 is 32.5 Å². The first-order chi connectivity index (χ1) is 20.2. The SMILES string of the molecule is COCCO[C@@H](C1=CC([C@H](C)[C@@H](C)S(=O)(=O)N(Cc2ccc(OC)cc2)Cc2ccc(OC)cc2)C1)[C@@H]1CCC1CO. The van der Waals surface area contributed by atoms with Crippen LogP contribution in [0.5, 0.6) is 11.5 Å². The summed E-state index contributed by atoms with van der Waals surface area (Å²) in [4.78, 5) is 0. The zero-order valence-corrected chi connectivity index (χ0v) is 26.4. The molecule has 9 heteroatoms. The fourth-order valence-electron chi connectivity index (χ4n) is 6.01. The summed E-state index contributed by atoms with van der Waals surface area (Å²) in [5.41, 5.74) is 3.02. The van der Waals surface area contributed by atoms with Gasteiger partial charge in [-0.05, 0) is 90.8 Å². The highest BCUT2D eigenvalue weighted by atomic mass is 32.2. The quantitative estimate of drug-likeness (QED) is 0.200. The molecule has 0 heterocycles. The highest BCUT2D eigenvalue weighted by Gasteiger charge is 2.44. The second kappa shape index (κ2) is 14.8. The maximum atomic E-state index is 14.2. The first-order valence-corrected chi connectivity index (χ1v) is 16.4. The van der Waals surface area contributed by atoms with E-state index in [9.17, 15) is 13.5 Å². The van der Waals surface area contributed by atoms with E-state index in [4.69, 9.17) is 18.9 Å². The van der Waals surface area contributed by atoms with Crippen molar-refractivity contribution in [3.63, 3.8) is 0 Å². The lowest BCUT2D eigenvalue weighted by molar-refractivity contribution is -0.0552. The third-order valence-corrected chi connectivity index (χ3v) is 11.6. The van der Waals surface area contributed by atoms with Gasteiger partial charge < -0.3 is 24.1 Å². The van der Waals surface area contributed by atoms with Crippen LogP contribution in [0.3, 0.4) is 0 Å². The molecule has 2 aromatic carbocycles. The van der Waals surface area contributed by atoms with Crippen molar-refractivity contribution in [1.29, 1.82) is 0 Å². The van der Waals surface area contributed by atoms with Gasteiger partial charge in [0.1, 0.15) is 11.5 Å². The standard InChI is InChI=1S/C33H47NO7S/c1-23(28-18-29(19-28)33(41-17-16-38-3)32-15-10-27(32)22-35)24(2)42(36,37)34(20-25-6-11-30(39-4)12-7-25)21-26-8-13-31(40-5)14-9-26/h6-9,11-14,18,23-24,27-28,32-33,35H,10,15-17,19-22H2,1-5H3/t23-,24-,27?,28?,32-,33+/m1/s1. The minimum Gasteiger partial charge on any atom is -0.497 e. The maximum absolute atomic E-state index is 14.2. The summed E-state index contributed by atoms with van der Waals surface area (Å²) >= 11 is 0. The molecular formula is C33H47NO7S. The predicted octanol–water partition coefficient (Wildman–Crippen LogP) is 5.06. The number of rotatable bonds is 17. The number of methoxy groups -OCH3 is 3. The smallest absolute Gasteiger partial charge is 0.217 e. The molecular weight excluding hydrogens is 554 g/mol. The number of sulfonamides is 1. The third kappa shape index (κ3) is 7.55. The van der Waals surface area contributed by atoms with Crippen LogP contribution in [0.4, 0.5) is 0 Å². The topological polar surface area (TPSA) is 94.5 Å². The molecule has 0 radical (unpaired) electrons. The predicted molar refractivity (Wildman–Crippen MR) is 164 cm³/mol. The molecule has 0 bridgehead atoms. The summed E-state index contributed by atoms with van der Waals surface area (Å²) in [6.07, 6.45) is 5.05. The van der Waals surface area contributed by atoms with Crippen molar-refractivity contribution in [3.05, 3.63) is 71.3 Å². The van der Waals surface area contributed by atoms with Gasteiger partial charge in [-0.2, -0.15) is 4.31 Å². The van der Waals surface area contributed by atoms with Gasteiger partial charge in [0.25, 0.3) is 0 Å². The molecule has 1 saturated carbocycles. The molecule has 2 unspecified atom stereocenters. The zero-order valence-electron chi connectivity index (χ0n) is 25.6. The highest BCUT2D eigenvalue weighted by Crippen LogP contribution is 2.46. The number of nitrogens with zero attached hydrogens (tertiary/aromatic N) is 1. The number of benzene rings is 2. The Morgan fingerprint density at radius 3 is 1.86 bits per heavy atom. The molecule has 6 atom stereocenters. The summed E-state index contributed by atoms with van der Waals surface area (Å²) in [6, 6.07) is 15.1. The van der Waals surface area contributed by atoms with Crippen molar-refractivity contribution >= 4 is 10.0 Å². The lowest BCUT2D eigenvalue weighted by Gasteiger charge is -2.45. The van der Waals surface area contributed by atoms with Gasteiger partial charge in [-0.25, -0.2) is 8.42 Å². The summed E-state index contributed by atoms with van der Waals surface area (Å²) < 4.78 is 52.0. The van der Waals surface area contributed by atoms with Crippen LogP contribution < -0.4 is 9.47 Å². The fourth-order valence-corrected chi connectivity index (χ4v) is 7.88. The molecule has 0 spiro atoms. The van der Waals surface area contributed by atoms with Gasteiger partial charge in [0.05, 0.1) is 38.8 Å². The zero-order chi connectivity index (χ0) is 30.3. The van der Waals surface area contributed by atoms with E-state index >= 15 is 0 Å². The number of hydrogen-bond acceptors (Lipinski definition) is 7. The molecule has 42 heavy (non-hydrogen) atoms. The molecule has 1 fully saturated rings. The van der Waals surface area contributed by atoms with E-state index in [-0.39, 0.29) is 43.6 Å². The summed E-state index contributed by atoms with van der Waals surface area (Å²) in [6.45, 7) is 5.61. The molecule has 4 rings (SSSR count). The fraction of sp³-hybridized carbons (Fsp3) is 0.576. The molecule has 1 N–H and O–H groups in total. The Morgan fingerprint density at radius 1 is 0.881 bits per heavy atom. The van der Waals surface area contributed by atoms with Gasteiger partial charge in [0, 0.05) is 26.8 Å². The Bertz CT molecular complexity index is 1210. The van der Waals surface area contributed by atoms with Crippen LogP contribution in [0.2, 0.25) is 0 Å². The van der Waals surface area contributed by atoms with E-state index in [0.29, 0.717) is 19.1 Å². The van der Waals surface area contributed by atoms with Crippen LogP contribution in [-0.4, -0.2) is 70.3 Å². The normalized spacial score (nSPS) is 22.5. The minimum absolute atomic E-state index is 0.0388. The van der Waals surface area contributed by atoms with Crippen LogP contribution in [-0.2, 0) is 32.6 Å². The Hall–Kier alpha value is -2.43. The first kappa shape index (κ1) is 32.5.